The summed E-state index contributed by atoms with van der Waals surface area (Å²) in [5.41, 5.74) is 1.32. The second-order valence-corrected chi connectivity index (χ2v) is 4.28. The Hall–Kier alpha value is -1.88. The zero-order chi connectivity index (χ0) is 11.7. The average molecular weight is 235 g/mol. The van der Waals surface area contributed by atoms with E-state index in [1.165, 1.54) is 0 Å². The van der Waals surface area contributed by atoms with Crippen LogP contribution in [0.2, 0.25) is 0 Å². The minimum absolute atomic E-state index is 0.176. The van der Waals surface area contributed by atoms with E-state index in [1.807, 2.05) is 0 Å². The molecule has 0 radical (unpaired) electrons. The van der Waals surface area contributed by atoms with Crippen molar-refractivity contribution in [2.75, 3.05) is 0 Å². The molecule has 4 nitrogen and oxygen atoms in total. The number of hydrogen-bond acceptors (Lipinski definition) is 4. The van der Waals surface area contributed by atoms with Gasteiger partial charge in [0.25, 0.3) is 0 Å². The van der Waals surface area contributed by atoms with Crippen molar-refractivity contribution in [3.63, 3.8) is 0 Å². The monoisotopic (exact) mass is 235 g/mol. The lowest BCUT2D eigenvalue weighted by atomic mass is 10.2. The van der Waals surface area contributed by atoms with Crippen molar-refractivity contribution in [3.8, 4) is 16.3 Å². The summed E-state index contributed by atoms with van der Waals surface area (Å²) in [6.07, 6.45) is 0. The number of nitrogens with zero attached hydrogens (tertiary/aromatic N) is 1. The van der Waals surface area contributed by atoms with Crippen molar-refractivity contribution in [1.82, 2.24) is 4.98 Å². The van der Waals surface area contributed by atoms with Gasteiger partial charge in [-0.3, -0.25) is 0 Å². The van der Waals surface area contributed by atoms with Gasteiger partial charge < -0.3 is 10.2 Å². The summed E-state index contributed by atoms with van der Waals surface area (Å²) in [5.74, 6) is -0.782. The number of aromatic nitrogens is 1. The maximum Gasteiger partial charge on any atom is 0.347 e. The van der Waals surface area contributed by atoms with Gasteiger partial charge >= 0.3 is 5.97 Å². The molecule has 0 bridgehead atoms. The van der Waals surface area contributed by atoms with Gasteiger partial charge in [-0.15, -0.1) is 11.3 Å². The van der Waals surface area contributed by atoms with Crippen molar-refractivity contribution in [2.24, 2.45) is 0 Å². The number of thiazole rings is 1. The maximum absolute atomic E-state index is 10.9. The minimum Gasteiger partial charge on any atom is -0.508 e. The summed E-state index contributed by atoms with van der Waals surface area (Å²) >= 11 is 1.13. The molecule has 2 aromatic rings. The molecule has 0 atom stereocenters. The average Bonchev–Trinajstić information content (AvgIpc) is 2.61. The van der Waals surface area contributed by atoms with Crippen LogP contribution in [0.25, 0.3) is 10.6 Å². The summed E-state index contributed by atoms with van der Waals surface area (Å²) in [7, 11) is 0. The highest BCUT2D eigenvalue weighted by Gasteiger charge is 2.14. The Morgan fingerprint density at radius 2 is 1.94 bits per heavy atom. The summed E-state index contributed by atoms with van der Waals surface area (Å²) in [6.45, 7) is 1.67. The number of carboxylic acid groups (broad SMARTS) is 1. The molecule has 0 saturated heterocycles. The third-order valence-electron chi connectivity index (χ3n) is 2.11. The first-order valence-electron chi connectivity index (χ1n) is 4.58. The third kappa shape index (κ3) is 1.90. The summed E-state index contributed by atoms with van der Waals surface area (Å²) in [6, 6.07) is 6.51. The second kappa shape index (κ2) is 3.94. The Labute approximate surface area is 95.8 Å². The highest BCUT2D eigenvalue weighted by molar-refractivity contribution is 7.17. The Morgan fingerprint density at radius 1 is 1.31 bits per heavy atom. The summed E-state index contributed by atoms with van der Waals surface area (Å²) < 4.78 is 0. The molecule has 0 saturated carbocycles. The van der Waals surface area contributed by atoms with E-state index in [0.29, 0.717) is 10.7 Å². The Balaban J connectivity index is 2.45. The zero-order valence-electron chi connectivity index (χ0n) is 8.47. The van der Waals surface area contributed by atoms with Gasteiger partial charge in [0.15, 0.2) is 0 Å². The van der Waals surface area contributed by atoms with Gasteiger partial charge in [-0.25, -0.2) is 9.78 Å². The number of rotatable bonds is 2. The van der Waals surface area contributed by atoms with Crippen LogP contribution in [0.3, 0.4) is 0 Å². The molecule has 16 heavy (non-hydrogen) atoms. The van der Waals surface area contributed by atoms with E-state index < -0.39 is 5.97 Å². The molecule has 2 rings (SSSR count). The van der Waals surface area contributed by atoms with E-state index in [0.717, 1.165) is 16.9 Å². The Kier molecular flexibility index (Phi) is 2.62. The molecule has 82 valence electrons. The molecular weight excluding hydrogens is 226 g/mol. The lowest BCUT2D eigenvalue weighted by Crippen LogP contribution is -1.94. The molecule has 0 aliphatic rings. The van der Waals surface area contributed by atoms with Crippen LogP contribution in [0.15, 0.2) is 24.3 Å². The maximum atomic E-state index is 10.9. The van der Waals surface area contributed by atoms with Crippen LogP contribution >= 0.6 is 11.3 Å². The quantitative estimate of drug-likeness (QED) is 0.839. The van der Waals surface area contributed by atoms with Crippen LogP contribution < -0.4 is 0 Å². The van der Waals surface area contributed by atoms with E-state index in [9.17, 15) is 4.79 Å². The van der Waals surface area contributed by atoms with Crippen LogP contribution in [-0.4, -0.2) is 21.2 Å². The minimum atomic E-state index is -0.958. The number of hydrogen-bond donors (Lipinski definition) is 2. The lowest BCUT2D eigenvalue weighted by molar-refractivity contribution is 0.0701. The predicted octanol–water partition coefficient (Wildman–Crippen LogP) is 2.52. The first kappa shape index (κ1) is 10.6. The molecular formula is C11H9NO3S. The highest BCUT2D eigenvalue weighted by Crippen LogP contribution is 2.28. The first-order chi connectivity index (χ1) is 7.58. The molecule has 0 fully saturated rings. The van der Waals surface area contributed by atoms with E-state index in [-0.39, 0.29) is 10.6 Å². The van der Waals surface area contributed by atoms with Gasteiger partial charge in [0.2, 0.25) is 0 Å². The number of carbonyl (C=O) groups is 1. The first-order valence-corrected chi connectivity index (χ1v) is 5.39. The lowest BCUT2D eigenvalue weighted by Gasteiger charge is -1.95. The fourth-order valence-electron chi connectivity index (χ4n) is 1.32. The SMILES string of the molecule is Cc1nc(-c2ccc(O)cc2)sc1C(=O)O. The van der Waals surface area contributed by atoms with Crippen LogP contribution in [0, 0.1) is 6.92 Å². The summed E-state index contributed by atoms with van der Waals surface area (Å²) in [5, 5.41) is 18.7. The number of aromatic carboxylic acids is 1. The fourth-order valence-corrected chi connectivity index (χ4v) is 2.23. The number of benzene rings is 1. The highest BCUT2D eigenvalue weighted by atomic mass is 32.1. The van der Waals surface area contributed by atoms with Crippen LogP contribution in [-0.2, 0) is 0 Å². The topological polar surface area (TPSA) is 70.4 Å². The van der Waals surface area contributed by atoms with Crippen molar-refractivity contribution in [2.45, 2.75) is 6.92 Å². The molecule has 0 spiro atoms. The number of aryl methyl sites for hydroxylation is 1. The van der Waals surface area contributed by atoms with Crippen molar-refractivity contribution >= 4 is 17.3 Å². The number of aromatic hydroxyl groups is 1. The van der Waals surface area contributed by atoms with Crippen LogP contribution in [0.5, 0.6) is 5.75 Å². The molecule has 0 aliphatic heterocycles. The van der Waals surface area contributed by atoms with Crippen LogP contribution in [0.1, 0.15) is 15.4 Å². The molecule has 0 amide bonds. The molecule has 1 aromatic carbocycles. The number of phenols is 1. The van der Waals surface area contributed by atoms with Crippen molar-refractivity contribution < 1.29 is 15.0 Å². The zero-order valence-corrected chi connectivity index (χ0v) is 9.28. The van der Waals surface area contributed by atoms with Gasteiger partial charge in [0, 0.05) is 5.56 Å². The summed E-state index contributed by atoms with van der Waals surface area (Å²) in [4.78, 5) is 15.3. The smallest absolute Gasteiger partial charge is 0.347 e. The van der Waals surface area contributed by atoms with Gasteiger partial charge in [-0.1, -0.05) is 0 Å². The van der Waals surface area contributed by atoms with Gasteiger partial charge in [-0.2, -0.15) is 0 Å². The fraction of sp³-hybridized carbons (Fsp3) is 0.0909. The molecule has 0 aliphatic carbocycles. The molecule has 1 heterocycles. The van der Waals surface area contributed by atoms with Crippen molar-refractivity contribution in [1.29, 1.82) is 0 Å². The van der Waals surface area contributed by atoms with E-state index in [4.69, 9.17) is 10.2 Å². The second-order valence-electron chi connectivity index (χ2n) is 3.29. The van der Waals surface area contributed by atoms with Crippen LogP contribution in [0.4, 0.5) is 0 Å². The molecule has 0 unspecified atom stereocenters. The molecule has 1 aromatic heterocycles. The standard InChI is InChI=1S/C11H9NO3S/c1-6-9(11(14)15)16-10(12-6)7-2-4-8(13)5-3-7/h2-5,13H,1H3,(H,14,15). The van der Waals surface area contributed by atoms with E-state index >= 15 is 0 Å². The number of carboxylic acids is 1. The van der Waals surface area contributed by atoms with Gasteiger partial charge in [-0.05, 0) is 31.2 Å². The molecule has 2 N–H and O–H groups in total. The predicted molar refractivity (Wildman–Crippen MR) is 60.9 cm³/mol. The Bertz CT molecular complexity index is 531. The van der Waals surface area contributed by atoms with E-state index in [2.05, 4.69) is 4.98 Å². The van der Waals surface area contributed by atoms with Gasteiger partial charge in [0.05, 0.1) is 5.69 Å². The third-order valence-corrected chi connectivity index (χ3v) is 3.30. The van der Waals surface area contributed by atoms with Crippen molar-refractivity contribution in [3.05, 3.63) is 34.8 Å². The normalized spacial score (nSPS) is 10.3. The molecule has 5 heteroatoms. The van der Waals surface area contributed by atoms with E-state index in [1.54, 1.807) is 31.2 Å². The largest absolute Gasteiger partial charge is 0.508 e. The Morgan fingerprint density at radius 3 is 2.44 bits per heavy atom. The van der Waals surface area contributed by atoms with Gasteiger partial charge in [0.1, 0.15) is 15.6 Å². The number of phenolic OH excluding ortho intramolecular Hbond substituents is 1.